The molecule has 0 saturated carbocycles. The smallest absolute Gasteiger partial charge is 0.336 e. The maximum atomic E-state index is 13.4. The highest BCUT2D eigenvalue weighted by Gasteiger charge is 2.46. The molecule has 1 aliphatic heterocycles. The molecule has 1 aliphatic carbocycles. The fourth-order valence-electron chi connectivity index (χ4n) is 3.83. The number of hydrogen-bond donors (Lipinski definition) is 1. The second kappa shape index (κ2) is 7.33. The van der Waals surface area contributed by atoms with E-state index < -0.39 is 17.3 Å². The lowest BCUT2D eigenvalue weighted by molar-refractivity contribution is -0.138. The summed E-state index contributed by atoms with van der Waals surface area (Å²) in [6.45, 7) is 7.67. The molecule has 0 spiro atoms. The van der Waals surface area contributed by atoms with E-state index in [2.05, 4.69) is 5.32 Å². The maximum Gasteiger partial charge on any atom is 0.336 e. The number of halogens is 2. The first-order valence-electron chi connectivity index (χ1n) is 9.05. The standard InChI is InChI=1S/C21H23Cl2NO3/c1-5-27-20(26)15-11(2)24-14-9-10-21(3,4)19(25)17(14)18(15)16-12(22)7-6-8-13(16)23/h6-8,18,24H,5,9-10H2,1-4H3. The first kappa shape index (κ1) is 20.0. The molecule has 3 rings (SSSR count). The Morgan fingerprint density at radius 2 is 1.93 bits per heavy atom. The molecule has 1 aromatic rings. The first-order chi connectivity index (χ1) is 12.7. The Kier molecular flexibility index (Phi) is 5.42. The van der Waals surface area contributed by atoms with Crippen molar-refractivity contribution < 1.29 is 14.3 Å². The zero-order valence-corrected chi connectivity index (χ0v) is 17.4. The molecule has 2 aliphatic rings. The normalized spacial score (nSPS) is 21.7. The number of rotatable bonds is 3. The van der Waals surface area contributed by atoms with Gasteiger partial charge < -0.3 is 10.1 Å². The number of benzene rings is 1. The lowest BCUT2D eigenvalue weighted by Gasteiger charge is -2.39. The number of ether oxygens (including phenoxy) is 1. The summed E-state index contributed by atoms with van der Waals surface area (Å²) in [6.07, 6.45) is 1.46. The highest BCUT2D eigenvalue weighted by molar-refractivity contribution is 6.36. The summed E-state index contributed by atoms with van der Waals surface area (Å²) < 4.78 is 5.29. The van der Waals surface area contributed by atoms with Crippen molar-refractivity contribution in [2.45, 2.75) is 46.5 Å². The minimum absolute atomic E-state index is 0.00605. The highest BCUT2D eigenvalue weighted by Crippen LogP contribution is 2.49. The van der Waals surface area contributed by atoms with Crippen molar-refractivity contribution >= 4 is 35.0 Å². The zero-order valence-electron chi connectivity index (χ0n) is 15.9. The van der Waals surface area contributed by atoms with Crippen LogP contribution in [0.15, 0.2) is 40.7 Å². The number of esters is 1. The summed E-state index contributed by atoms with van der Waals surface area (Å²) in [5.41, 5.74) is 2.51. The molecule has 1 unspecified atom stereocenters. The summed E-state index contributed by atoms with van der Waals surface area (Å²) in [6, 6.07) is 5.20. The van der Waals surface area contributed by atoms with Gasteiger partial charge in [-0.05, 0) is 38.8 Å². The van der Waals surface area contributed by atoms with Gasteiger partial charge in [0.1, 0.15) is 0 Å². The molecule has 0 radical (unpaired) electrons. The van der Waals surface area contributed by atoms with E-state index in [1.165, 1.54) is 0 Å². The Morgan fingerprint density at radius 3 is 2.52 bits per heavy atom. The molecule has 1 aromatic carbocycles. The van der Waals surface area contributed by atoms with Gasteiger partial charge >= 0.3 is 5.97 Å². The molecular formula is C21H23Cl2NO3. The molecule has 0 bridgehead atoms. The summed E-state index contributed by atoms with van der Waals surface area (Å²) in [4.78, 5) is 26.2. The summed E-state index contributed by atoms with van der Waals surface area (Å²) in [5.74, 6) is -1.11. The maximum absolute atomic E-state index is 13.4. The SMILES string of the molecule is CCOC(=O)C1=C(C)NC2=C(C(=O)C(C)(C)CC2)C1c1c(Cl)cccc1Cl. The number of hydrogen-bond acceptors (Lipinski definition) is 4. The lowest BCUT2D eigenvalue weighted by Crippen LogP contribution is -2.40. The van der Waals surface area contributed by atoms with E-state index in [-0.39, 0.29) is 12.4 Å². The molecule has 1 heterocycles. The lowest BCUT2D eigenvalue weighted by atomic mass is 9.67. The highest BCUT2D eigenvalue weighted by atomic mass is 35.5. The van der Waals surface area contributed by atoms with Crippen LogP contribution in [0.25, 0.3) is 0 Å². The number of nitrogens with one attached hydrogen (secondary N) is 1. The molecule has 0 amide bonds. The van der Waals surface area contributed by atoms with Crippen LogP contribution in [-0.2, 0) is 14.3 Å². The number of Topliss-reactive ketones (excluding diaryl/α,β-unsaturated/α-hetero) is 1. The van der Waals surface area contributed by atoms with Crippen molar-refractivity contribution in [1.29, 1.82) is 0 Å². The van der Waals surface area contributed by atoms with Crippen molar-refractivity contribution in [1.82, 2.24) is 5.32 Å². The molecule has 0 aromatic heterocycles. The Morgan fingerprint density at radius 1 is 1.30 bits per heavy atom. The third-order valence-corrected chi connectivity index (χ3v) is 5.95. The van der Waals surface area contributed by atoms with Gasteiger partial charge in [-0.15, -0.1) is 0 Å². The molecule has 27 heavy (non-hydrogen) atoms. The monoisotopic (exact) mass is 407 g/mol. The number of dihydropyridines is 1. The molecule has 0 saturated heterocycles. The number of carbonyl (C=O) groups is 2. The van der Waals surface area contributed by atoms with Gasteiger partial charge in [-0.3, -0.25) is 4.79 Å². The summed E-state index contributed by atoms with van der Waals surface area (Å²) >= 11 is 13.0. The van der Waals surface area contributed by atoms with Gasteiger partial charge in [0.25, 0.3) is 0 Å². The van der Waals surface area contributed by atoms with Gasteiger partial charge in [-0.1, -0.05) is 43.1 Å². The van der Waals surface area contributed by atoms with Crippen molar-refractivity contribution in [2.24, 2.45) is 5.41 Å². The summed E-state index contributed by atoms with van der Waals surface area (Å²) in [5, 5.41) is 4.11. The first-order valence-corrected chi connectivity index (χ1v) is 9.81. The predicted molar refractivity (Wildman–Crippen MR) is 107 cm³/mol. The average molecular weight is 408 g/mol. The molecule has 6 heteroatoms. The van der Waals surface area contributed by atoms with Crippen molar-refractivity contribution in [3.8, 4) is 0 Å². The number of carbonyl (C=O) groups excluding carboxylic acids is 2. The van der Waals surface area contributed by atoms with Gasteiger partial charge in [0.05, 0.1) is 18.1 Å². The van der Waals surface area contributed by atoms with Crippen LogP contribution in [0, 0.1) is 5.41 Å². The summed E-state index contributed by atoms with van der Waals surface area (Å²) in [7, 11) is 0. The minimum atomic E-state index is -0.645. The fraction of sp³-hybridized carbons (Fsp3) is 0.429. The number of allylic oxidation sites excluding steroid dienone is 3. The van der Waals surface area contributed by atoms with Crippen LogP contribution in [0.5, 0.6) is 0 Å². The fourth-order valence-corrected chi connectivity index (χ4v) is 4.45. The van der Waals surface area contributed by atoms with Gasteiger partial charge in [0, 0.05) is 38.0 Å². The zero-order chi connectivity index (χ0) is 19.9. The van der Waals surface area contributed by atoms with Crippen LogP contribution in [0.3, 0.4) is 0 Å². The second-order valence-corrected chi connectivity index (χ2v) is 8.37. The van der Waals surface area contributed by atoms with Gasteiger partial charge in [0.2, 0.25) is 0 Å². The van der Waals surface area contributed by atoms with Gasteiger partial charge in [0.15, 0.2) is 5.78 Å². The topological polar surface area (TPSA) is 55.4 Å². The molecule has 144 valence electrons. The number of ketones is 1. The Labute approximate surface area is 169 Å². The molecular weight excluding hydrogens is 385 g/mol. The van der Waals surface area contributed by atoms with E-state index in [4.69, 9.17) is 27.9 Å². The van der Waals surface area contributed by atoms with Crippen LogP contribution in [0.1, 0.15) is 52.0 Å². The van der Waals surface area contributed by atoms with Gasteiger partial charge in [-0.25, -0.2) is 4.79 Å². The Bertz CT molecular complexity index is 863. The van der Waals surface area contributed by atoms with E-state index in [0.29, 0.717) is 32.5 Å². The quantitative estimate of drug-likeness (QED) is 0.702. The van der Waals surface area contributed by atoms with E-state index in [1.54, 1.807) is 25.1 Å². The third-order valence-electron chi connectivity index (χ3n) is 5.29. The van der Waals surface area contributed by atoms with E-state index >= 15 is 0 Å². The molecule has 4 nitrogen and oxygen atoms in total. The van der Waals surface area contributed by atoms with E-state index in [1.807, 2.05) is 20.8 Å². The third kappa shape index (κ3) is 3.41. The van der Waals surface area contributed by atoms with Crippen LogP contribution in [-0.4, -0.2) is 18.4 Å². The molecule has 1 atom stereocenters. The van der Waals surface area contributed by atoms with Crippen molar-refractivity contribution in [3.05, 3.63) is 56.3 Å². The average Bonchev–Trinajstić information content (AvgIpc) is 2.58. The minimum Gasteiger partial charge on any atom is -0.463 e. The van der Waals surface area contributed by atoms with Gasteiger partial charge in [-0.2, -0.15) is 0 Å². The van der Waals surface area contributed by atoms with E-state index in [9.17, 15) is 9.59 Å². The van der Waals surface area contributed by atoms with Crippen LogP contribution in [0.4, 0.5) is 0 Å². The Balaban J connectivity index is 2.28. The van der Waals surface area contributed by atoms with Crippen LogP contribution in [0.2, 0.25) is 10.0 Å². The van der Waals surface area contributed by atoms with E-state index in [0.717, 1.165) is 18.5 Å². The predicted octanol–water partition coefficient (Wildman–Crippen LogP) is 5.16. The van der Waals surface area contributed by atoms with Crippen LogP contribution < -0.4 is 5.32 Å². The Hall–Kier alpha value is -1.78. The molecule has 0 fully saturated rings. The second-order valence-electron chi connectivity index (χ2n) is 7.56. The molecule has 1 N–H and O–H groups in total. The van der Waals surface area contributed by atoms with Crippen molar-refractivity contribution in [2.75, 3.05) is 6.61 Å². The largest absolute Gasteiger partial charge is 0.463 e. The van der Waals surface area contributed by atoms with Crippen LogP contribution >= 0.6 is 23.2 Å². The van der Waals surface area contributed by atoms with Crippen molar-refractivity contribution in [3.63, 3.8) is 0 Å².